The molecule has 1 aliphatic heterocycles. The number of nitrogens with zero attached hydrogens (tertiary/aromatic N) is 1. The number of allylic oxidation sites excluding steroid dienone is 1. The topological polar surface area (TPSA) is 151 Å². The Kier molecular flexibility index (Phi) is 22.2. The van der Waals surface area contributed by atoms with Gasteiger partial charge < -0.3 is 30.1 Å². The maximum atomic E-state index is 13.6. The standard InChI is InChI=1S/C38H65N3O8/c1-8-9-10-20-25-41-26-31(42)40-33(34(44)38(47)48-7)37(46)49-35(30(6)36(45)39-29(5)23-24-32(41)43)28(4)22-19-17-15-13-11-12-14-16-18-21-27(2)3/h23-24,27-28,30,33-35,44H,5,8-22,25-26H2,1-4,6-7H3,(H,39,45)(H,40,42)/b24-23+/t28-,30+,33+,34+,35+/m1/s1. The predicted octanol–water partition coefficient (Wildman–Crippen LogP) is 5.74. The highest BCUT2D eigenvalue weighted by atomic mass is 16.6. The Hall–Kier alpha value is -3.21. The zero-order valence-electron chi connectivity index (χ0n) is 31.1. The van der Waals surface area contributed by atoms with E-state index in [0.717, 1.165) is 58.0 Å². The van der Waals surface area contributed by atoms with Crippen molar-refractivity contribution in [1.82, 2.24) is 15.5 Å². The Morgan fingerprint density at radius 2 is 1.51 bits per heavy atom. The first-order valence-electron chi connectivity index (χ1n) is 18.5. The maximum absolute atomic E-state index is 13.6. The van der Waals surface area contributed by atoms with Gasteiger partial charge in [0.1, 0.15) is 6.10 Å². The van der Waals surface area contributed by atoms with Crippen LogP contribution in [0.3, 0.4) is 0 Å². The van der Waals surface area contributed by atoms with Gasteiger partial charge >= 0.3 is 11.9 Å². The number of aliphatic hydroxyl groups excluding tert-OH is 1. The quantitative estimate of drug-likeness (QED) is 0.108. The number of amides is 3. The molecule has 0 saturated carbocycles. The van der Waals surface area contributed by atoms with Crippen molar-refractivity contribution in [3.8, 4) is 0 Å². The summed E-state index contributed by atoms with van der Waals surface area (Å²) in [5, 5.41) is 15.8. The SMILES string of the molecule is C=C1/C=C/C(=O)N(CCCCCC)CC(=O)N[C@@H]([C@H](O)C(=O)OC)C(=O)O[C@@H]([C@H](C)CCCCCCCCCCCC(C)C)[C@H](C)C(=O)N1. The molecule has 0 aliphatic carbocycles. The average Bonchev–Trinajstić information content (AvgIpc) is 3.06. The highest BCUT2D eigenvalue weighted by Crippen LogP contribution is 2.25. The summed E-state index contributed by atoms with van der Waals surface area (Å²) in [5.41, 5.74) is 0.173. The molecule has 0 radical (unpaired) electrons. The van der Waals surface area contributed by atoms with Crippen molar-refractivity contribution >= 4 is 29.7 Å². The van der Waals surface area contributed by atoms with Crippen LogP contribution in [0.5, 0.6) is 0 Å². The van der Waals surface area contributed by atoms with Gasteiger partial charge in [-0.1, -0.05) is 125 Å². The zero-order valence-corrected chi connectivity index (χ0v) is 31.1. The summed E-state index contributed by atoms with van der Waals surface area (Å²) in [6.45, 7) is 13.8. The minimum absolute atomic E-state index is 0.173. The summed E-state index contributed by atoms with van der Waals surface area (Å²) in [7, 11) is 1.05. The predicted molar refractivity (Wildman–Crippen MR) is 191 cm³/mol. The van der Waals surface area contributed by atoms with Crippen LogP contribution in [0.1, 0.15) is 131 Å². The summed E-state index contributed by atoms with van der Waals surface area (Å²) in [6.07, 6.45) is 15.5. The van der Waals surface area contributed by atoms with Gasteiger partial charge in [0.25, 0.3) is 0 Å². The first-order chi connectivity index (χ1) is 23.3. The molecule has 0 saturated heterocycles. The average molecular weight is 692 g/mol. The molecular weight excluding hydrogens is 626 g/mol. The van der Waals surface area contributed by atoms with Gasteiger partial charge in [-0.25, -0.2) is 9.59 Å². The Morgan fingerprint density at radius 3 is 2.08 bits per heavy atom. The van der Waals surface area contributed by atoms with Gasteiger partial charge in [0.15, 0.2) is 12.1 Å². The van der Waals surface area contributed by atoms with Gasteiger partial charge in [-0.2, -0.15) is 0 Å². The Labute approximate surface area is 295 Å². The van der Waals surface area contributed by atoms with Crippen LogP contribution in [0.2, 0.25) is 0 Å². The first kappa shape index (κ1) is 43.8. The Bertz CT molecular complexity index is 1080. The van der Waals surface area contributed by atoms with Crippen molar-refractivity contribution < 1.29 is 38.6 Å². The molecular formula is C38H65N3O8. The lowest BCUT2D eigenvalue weighted by Crippen LogP contribution is -2.56. The molecule has 3 N–H and O–H groups in total. The number of esters is 2. The molecule has 11 nitrogen and oxygen atoms in total. The lowest BCUT2D eigenvalue weighted by Gasteiger charge is -2.31. The fraction of sp³-hybridized carbons (Fsp3) is 0.763. The number of carbonyl (C=O) groups is 5. The lowest BCUT2D eigenvalue weighted by molar-refractivity contribution is -0.169. The van der Waals surface area contributed by atoms with Crippen molar-refractivity contribution in [2.24, 2.45) is 17.8 Å². The number of cyclic esters (lactones) is 1. The molecule has 0 unspecified atom stereocenters. The van der Waals surface area contributed by atoms with Crippen molar-refractivity contribution in [3.63, 3.8) is 0 Å². The van der Waals surface area contributed by atoms with Crippen LogP contribution >= 0.6 is 0 Å². The second-order valence-corrected chi connectivity index (χ2v) is 14.0. The molecule has 49 heavy (non-hydrogen) atoms. The Morgan fingerprint density at radius 1 is 0.939 bits per heavy atom. The molecule has 5 atom stereocenters. The summed E-state index contributed by atoms with van der Waals surface area (Å²) in [5.74, 6) is -4.31. The van der Waals surface area contributed by atoms with Gasteiger partial charge in [-0.05, 0) is 30.8 Å². The molecule has 1 aliphatic rings. The van der Waals surface area contributed by atoms with Crippen LogP contribution in [0.15, 0.2) is 24.4 Å². The third kappa shape index (κ3) is 17.8. The molecule has 0 aromatic carbocycles. The zero-order chi connectivity index (χ0) is 36.8. The van der Waals surface area contributed by atoms with E-state index in [1.165, 1.54) is 55.6 Å². The molecule has 1 rings (SSSR count). The van der Waals surface area contributed by atoms with Crippen LogP contribution in [0.4, 0.5) is 0 Å². The van der Waals surface area contributed by atoms with Gasteiger partial charge in [0, 0.05) is 18.3 Å². The van der Waals surface area contributed by atoms with E-state index < -0.39 is 60.4 Å². The molecule has 280 valence electrons. The third-order valence-electron chi connectivity index (χ3n) is 9.13. The molecule has 0 spiro atoms. The largest absolute Gasteiger partial charge is 0.467 e. The number of nitrogens with one attached hydrogen (secondary N) is 2. The fourth-order valence-electron chi connectivity index (χ4n) is 5.99. The van der Waals surface area contributed by atoms with Crippen LogP contribution in [-0.2, 0) is 33.4 Å². The van der Waals surface area contributed by atoms with Gasteiger partial charge in [0.05, 0.1) is 19.6 Å². The number of ether oxygens (including phenoxy) is 2. The smallest absolute Gasteiger partial charge is 0.337 e. The van der Waals surface area contributed by atoms with Gasteiger partial charge in [-0.3, -0.25) is 14.4 Å². The van der Waals surface area contributed by atoms with E-state index in [2.05, 4.69) is 42.7 Å². The number of hydrogen-bond donors (Lipinski definition) is 3. The number of rotatable bonds is 20. The van der Waals surface area contributed by atoms with E-state index >= 15 is 0 Å². The summed E-state index contributed by atoms with van der Waals surface area (Å²) in [4.78, 5) is 66.8. The van der Waals surface area contributed by atoms with Crippen molar-refractivity contribution in [3.05, 3.63) is 24.4 Å². The minimum atomic E-state index is -2.07. The van der Waals surface area contributed by atoms with E-state index in [0.29, 0.717) is 12.8 Å². The van der Waals surface area contributed by atoms with E-state index in [4.69, 9.17) is 4.74 Å². The normalized spacial score (nSPS) is 21.7. The van der Waals surface area contributed by atoms with Crippen LogP contribution < -0.4 is 10.6 Å². The molecule has 0 aromatic rings. The van der Waals surface area contributed by atoms with Gasteiger partial charge in [0.2, 0.25) is 17.7 Å². The molecule has 0 aromatic heterocycles. The number of methoxy groups -OCH3 is 1. The van der Waals surface area contributed by atoms with E-state index in [9.17, 15) is 29.1 Å². The number of hydrogen-bond acceptors (Lipinski definition) is 8. The number of carbonyl (C=O) groups excluding carboxylic acids is 5. The van der Waals surface area contributed by atoms with Crippen molar-refractivity contribution in [2.75, 3.05) is 20.2 Å². The molecule has 3 amide bonds. The van der Waals surface area contributed by atoms with E-state index in [1.807, 2.05) is 6.92 Å². The van der Waals surface area contributed by atoms with Crippen molar-refractivity contribution in [2.45, 2.75) is 149 Å². The minimum Gasteiger partial charge on any atom is -0.467 e. The van der Waals surface area contributed by atoms with Crippen LogP contribution in [-0.4, -0.2) is 78.1 Å². The highest BCUT2D eigenvalue weighted by molar-refractivity contribution is 5.94. The molecule has 1 heterocycles. The highest BCUT2D eigenvalue weighted by Gasteiger charge is 2.40. The van der Waals surface area contributed by atoms with Crippen molar-refractivity contribution in [1.29, 1.82) is 0 Å². The number of aliphatic hydroxyl groups is 1. The third-order valence-corrected chi connectivity index (χ3v) is 9.13. The van der Waals surface area contributed by atoms with Gasteiger partial charge in [-0.15, -0.1) is 0 Å². The summed E-state index contributed by atoms with van der Waals surface area (Å²) < 4.78 is 10.5. The monoisotopic (exact) mass is 691 g/mol. The van der Waals surface area contributed by atoms with E-state index in [-0.39, 0.29) is 18.2 Å². The Balaban J connectivity index is 3.07. The second-order valence-electron chi connectivity index (χ2n) is 14.0. The fourth-order valence-corrected chi connectivity index (χ4v) is 5.99. The second kappa shape index (κ2) is 24.8. The van der Waals surface area contributed by atoms with Crippen LogP contribution in [0, 0.1) is 17.8 Å². The summed E-state index contributed by atoms with van der Waals surface area (Å²) >= 11 is 0. The summed E-state index contributed by atoms with van der Waals surface area (Å²) in [6, 6.07) is -1.82. The molecule has 0 fully saturated rings. The van der Waals surface area contributed by atoms with Crippen LogP contribution in [0.25, 0.3) is 0 Å². The lowest BCUT2D eigenvalue weighted by atomic mass is 9.88. The molecule has 11 heteroatoms. The maximum Gasteiger partial charge on any atom is 0.337 e. The van der Waals surface area contributed by atoms with E-state index in [1.54, 1.807) is 6.92 Å². The first-order valence-corrected chi connectivity index (χ1v) is 18.5. The molecule has 0 bridgehead atoms. The number of unbranched alkanes of at least 4 members (excludes halogenated alkanes) is 11.